The second-order valence-electron chi connectivity index (χ2n) is 14.8. The van der Waals surface area contributed by atoms with Gasteiger partial charge in [0.05, 0.1) is 0 Å². The van der Waals surface area contributed by atoms with Gasteiger partial charge in [-0.05, 0) is 74.2 Å². The van der Waals surface area contributed by atoms with E-state index in [9.17, 15) is 0 Å². The first-order valence-electron chi connectivity index (χ1n) is 19.8. The molecule has 4 nitrogen and oxygen atoms in total. The van der Waals surface area contributed by atoms with Crippen molar-refractivity contribution in [3.8, 4) is 78.7 Å². The minimum absolute atomic E-state index is 0.637. The minimum Gasteiger partial charge on any atom is -0.455 e. The number of furan rings is 1. The highest BCUT2D eigenvalue weighted by Crippen LogP contribution is 2.42. The third-order valence-corrected chi connectivity index (χ3v) is 11.2. The zero-order valence-corrected chi connectivity index (χ0v) is 32.0. The van der Waals surface area contributed by atoms with Gasteiger partial charge in [0.1, 0.15) is 11.2 Å². The van der Waals surface area contributed by atoms with Crippen LogP contribution in [0.5, 0.6) is 0 Å². The van der Waals surface area contributed by atoms with Crippen molar-refractivity contribution in [1.82, 2.24) is 15.0 Å². The molecule has 0 saturated carbocycles. The van der Waals surface area contributed by atoms with Crippen LogP contribution in [0.4, 0.5) is 0 Å². The van der Waals surface area contributed by atoms with Crippen molar-refractivity contribution in [3.63, 3.8) is 0 Å². The summed E-state index contributed by atoms with van der Waals surface area (Å²) in [6, 6.07) is 74.1. The normalized spacial score (nSPS) is 11.4. The summed E-state index contributed by atoms with van der Waals surface area (Å²) in [5.41, 5.74) is 13.9. The van der Waals surface area contributed by atoms with Gasteiger partial charge in [-0.3, -0.25) is 0 Å². The SMILES string of the molecule is c1ccc(-c2nc(-c3ccccc3)nc(-c3ccc(-c4cccc(-c5cc6c7ccc(-c8ccccc8-c8ccccc8)cc7oc6c6ccccc56)c4)cc3)n2)cc1. The smallest absolute Gasteiger partial charge is 0.164 e. The molecule has 0 unspecified atom stereocenters. The standard InChI is InChI=1S/C55H35N3O/c1-4-15-37(16-5-1)44-23-10-11-24-45(44)43-31-32-47-50-35-49(46-25-12-13-26-48(46)52(50)59-51(47)34-43)42-22-14-21-41(33-42)36-27-29-40(30-28-36)55-57-53(38-17-6-2-7-18-38)56-54(58-55)39-19-8-3-9-20-39/h1-35H. The van der Waals surface area contributed by atoms with Crippen LogP contribution in [-0.4, -0.2) is 15.0 Å². The summed E-state index contributed by atoms with van der Waals surface area (Å²) in [5.74, 6) is 1.93. The van der Waals surface area contributed by atoms with E-state index in [2.05, 4.69) is 152 Å². The van der Waals surface area contributed by atoms with Gasteiger partial charge in [0.2, 0.25) is 0 Å². The Kier molecular flexibility index (Phi) is 8.45. The molecule has 2 aromatic heterocycles. The average molecular weight is 754 g/mol. The molecule has 0 aliphatic carbocycles. The van der Waals surface area contributed by atoms with Crippen LogP contribution < -0.4 is 0 Å². The van der Waals surface area contributed by atoms with Gasteiger partial charge in [-0.2, -0.15) is 0 Å². The van der Waals surface area contributed by atoms with Gasteiger partial charge in [0, 0.05) is 32.8 Å². The summed E-state index contributed by atoms with van der Waals surface area (Å²) < 4.78 is 6.76. The fraction of sp³-hybridized carbons (Fsp3) is 0. The summed E-state index contributed by atoms with van der Waals surface area (Å²) in [6.07, 6.45) is 0. The van der Waals surface area contributed by atoms with Gasteiger partial charge in [-0.15, -0.1) is 0 Å². The molecule has 0 amide bonds. The van der Waals surface area contributed by atoms with Crippen LogP contribution >= 0.6 is 0 Å². The molecule has 276 valence electrons. The molecule has 0 fully saturated rings. The maximum Gasteiger partial charge on any atom is 0.164 e. The highest BCUT2D eigenvalue weighted by molar-refractivity contribution is 6.19. The van der Waals surface area contributed by atoms with E-state index in [4.69, 9.17) is 19.4 Å². The molecule has 4 heteroatoms. The molecule has 59 heavy (non-hydrogen) atoms. The summed E-state index contributed by atoms with van der Waals surface area (Å²) in [5, 5.41) is 4.45. The van der Waals surface area contributed by atoms with Crippen LogP contribution in [0.1, 0.15) is 0 Å². The number of rotatable bonds is 7. The fourth-order valence-electron chi connectivity index (χ4n) is 8.22. The van der Waals surface area contributed by atoms with Crippen LogP contribution in [0, 0.1) is 0 Å². The molecule has 0 atom stereocenters. The predicted molar refractivity (Wildman–Crippen MR) is 243 cm³/mol. The van der Waals surface area contributed by atoms with Gasteiger partial charge >= 0.3 is 0 Å². The number of hydrogen-bond acceptors (Lipinski definition) is 4. The van der Waals surface area contributed by atoms with Gasteiger partial charge in [0.15, 0.2) is 17.5 Å². The number of fused-ring (bicyclic) bond motifs is 5. The van der Waals surface area contributed by atoms with Crippen molar-refractivity contribution in [2.45, 2.75) is 0 Å². The first-order valence-corrected chi connectivity index (χ1v) is 19.8. The third kappa shape index (κ3) is 6.34. The Morgan fingerprint density at radius 1 is 0.254 bits per heavy atom. The fourth-order valence-corrected chi connectivity index (χ4v) is 8.22. The zero-order chi connectivity index (χ0) is 39.1. The van der Waals surface area contributed by atoms with Crippen molar-refractivity contribution in [1.29, 1.82) is 0 Å². The topological polar surface area (TPSA) is 51.8 Å². The number of benzene rings is 9. The van der Waals surface area contributed by atoms with Crippen LogP contribution in [0.25, 0.3) is 111 Å². The number of nitrogens with zero attached hydrogens (tertiary/aromatic N) is 3. The lowest BCUT2D eigenvalue weighted by Gasteiger charge is -2.11. The van der Waals surface area contributed by atoms with E-state index in [-0.39, 0.29) is 0 Å². The van der Waals surface area contributed by atoms with Crippen LogP contribution in [0.3, 0.4) is 0 Å². The quantitative estimate of drug-likeness (QED) is 0.163. The molecule has 2 heterocycles. The van der Waals surface area contributed by atoms with Gasteiger partial charge < -0.3 is 4.42 Å². The summed E-state index contributed by atoms with van der Waals surface area (Å²) in [6.45, 7) is 0. The van der Waals surface area contributed by atoms with Crippen LogP contribution in [0.15, 0.2) is 217 Å². The first kappa shape index (κ1) is 34.3. The van der Waals surface area contributed by atoms with Crippen molar-refractivity contribution in [3.05, 3.63) is 212 Å². The minimum atomic E-state index is 0.637. The zero-order valence-electron chi connectivity index (χ0n) is 32.0. The molecule has 0 aliphatic heterocycles. The summed E-state index contributed by atoms with van der Waals surface area (Å²) >= 11 is 0. The predicted octanol–water partition coefficient (Wildman–Crippen LogP) is 14.6. The molecule has 11 aromatic rings. The van der Waals surface area contributed by atoms with Crippen molar-refractivity contribution in [2.24, 2.45) is 0 Å². The first-order chi connectivity index (χ1) is 29.2. The molecule has 0 aliphatic rings. The lowest BCUT2D eigenvalue weighted by Crippen LogP contribution is -2.00. The molecular weight excluding hydrogens is 719 g/mol. The van der Waals surface area contributed by atoms with E-state index in [1.54, 1.807) is 0 Å². The third-order valence-electron chi connectivity index (χ3n) is 11.2. The molecule has 9 aromatic carbocycles. The second-order valence-corrected chi connectivity index (χ2v) is 14.8. The van der Waals surface area contributed by atoms with Crippen LogP contribution in [0.2, 0.25) is 0 Å². The van der Waals surface area contributed by atoms with Gasteiger partial charge in [0.25, 0.3) is 0 Å². The molecule has 0 saturated heterocycles. The number of aromatic nitrogens is 3. The highest BCUT2D eigenvalue weighted by atomic mass is 16.3. The molecule has 0 bridgehead atoms. The Bertz CT molecular complexity index is 3240. The van der Waals surface area contributed by atoms with Crippen LogP contribution in [-0.2, 0) is 0 Å². The maximum absolute atomic E-state index is 6.76. The maximum atomic E-state index is 6.76. The molecule has 0 spiro atoms. The summed E-state index contributed by atoms with van der Waals surface area (Å²) in [4.78, 5) is 14.7. The van der Waals surface area contributed by atoms with Crippen molar-refractivity contribution < 1.29 is 4.42 Å². The number of hydrogen-bond donors (Lipinski definition) is 0. The second kappa shape index (κ2) is 14.5. The van der Waals surface area contributed by atoms with E-state index in [1.807, 2.05) is 60.7 Å². The highest BCUT2D eigenvalue weighted by Gasteiger charge is 2.18. The van der Waals surface area contributed by atoms with E-state index in [1.165, 1.54) is 22.3 Å². The Morgan fingerprint density at radius 3 is 1.36 bits per heavy atom. The lowest BCUT2D eigenvalue weighted by molar-refractivity contribution is 0.673. The van der Waals surface area contributed by atoms with Gasteiger partial charge in [-0.1, -0.05) is 188 Å². The van der Waals surface area contributed by atoms with Gasteiger partial charge in [-0.25, -0.2) is 15.0 Å². The largest absolute Gasteiger partial charge is 0.455 e. The van der Waals surface area contributed by atoms with Crippen molar-refractivity contribution >= 4 is 32.7 Å². The Balaban J connectivity index is 0.970. The van der Waals surface area contributed by atoms with Crippen molar-refractivity contribution in [2.75, 3.05) is 0 Å². The molecule has 0 N–H and O–H groups in total. The van der Waals surface area contributed by atoms with E-state index >= 15 is 0 Å². The Hall–Kier alpha value is -7.95. The van der Waals surface area contributed by atoms with E-state index < -0.39 is 0 Å². The Morgan fingerprint density at radius 2 is 0.712 bits per heavy atom. The van der Waals surface area contributed by atoms with E-state index in [0.717, 1.165) is 71.7 Å². The average Bonchev–Trinajstić information content (AvgIpc) is 3.70. The lowest BCUT2D eigenvalue weighted by atomic mass is 9.92. The molecular formula is C55H35N3O. The van der Waals surface area contributed by atoms with E-state index in [0.29, 0.717) is 17.5 Å². The molecule has 0 radical (unpaired) electrons. The Labute approximate surface area is 341 Å². The summed E-state index contributed by atoms with van der Waals surface area (Å²) in [7, 11) is 0. The molecule has 11 rings (SSSR count). The monoisotopic (exact) mass is 753 g/mol.